The minimum absolute atomic E-state index is 0.187. The van der Waals surface area contributed by atoms with E-state index in [9.17, 15) is 9.90 Å². The van der Waals surface area contributed by atoms with Gasteiger partial charge in [-0.2, -0.15) is 0 Å². The summed E-state index contributed by atoms with van der Waals surface area (Å²) in [6.07, 6.45) is 0. The predicted molar refractivity (Wildman–Crippen MR) is 116 cm³/mol. The van der Waals surface area contributed by atoms with Gasteiger partial charge in [0, 0.05) is 23.5 Å². The summed E-state index contributed by atoms with van der Waals surface area (Å²) in [5.41, 5.74) is 1.89. The van der Waals surface area contributed by atoms with Crippen LogP contribution in [0, 0.1) is 6.92 Å². The highest BCUT2D eigenvalue weighted by Gasteiger charge is 2.18. The number of amidine groups is 1. The molecule has 1 aromatic carbocycles. The number of nitrogens with two attached hydrogens (primary N) is 1. The van der Waals surface area contributed by atoms with Crippen LogP contribution in [0.5, 0.6) is 0 Å². The minimum atomic E-state index is -1.18. The van der Waals surface area contributed by atoms with Crippen LogP contribution in [-0.4, -0.2) is 69.3 Å². The van der Waals surface area contributed by atoms with Crippen LogP contribution in [0.1, 0.15) is 22.8 Å². The summed E-state index contributed by atoms with van der Waals surface area (Å²) in [6, 6.07) is 9.76. The second kappa shape index (κ2) is 11.2. The topological polar surface area (TPSA) is 90.8 Å². The molecule has 2 saturated heterocycles. The largest absolute Gasteiger partial charge is 0.545 e. The molecule has 0 bridgehead atoms. The molecular weight excluding hydrogens is 402 g/mol. The Morgan fingerprint density at radius 1 is 1.10 bits per heavy atom. The normalized spacial score (nSPS) is 17.3. The minimum Gasteiger partial charge on any atom is -0.545 e. The monoisotopic (exact) mass is 431 g/mol. The fourth-order valence-electron chi connectivity index (χ4n) is 3.37. The number of carbonyl (C=O) groups excluding carboxylic acids is 1. The Kier molecular flexibility index (Phi) is 8.39. The third-order valence-corrected chi connectivity index (χ3v) is 6.27. The highest BCUT2D eigenvalue weighted by atomic mass is 32.1. The molecular formula is C22H29N3O4S. The van der Waals surface area contributed by atoms with Crippen LogP contribution in [0.2, 0.25) is 0 Å². The van der Waals surface area contributed by atoms with Crippen molar-refractivity contribution in [1.29, 1.82) is 0 Å². The van der Waals surface area contributed by atoms with E-state index in [1.165, 1.54) is 11.3 Å². The maximum absolute atomic E-state index is 11.6. The molecule has 2 aliphatic heterocycles. The fraction of sp³-hybridized carbons (Fsp3) is 0.455. The summed E-state index contributed by atoms with van der Waals surface area (Å²) >= 11 is 1.39. The van der Waals surface area contributed by atoms with Crippen molar-refractivity contribution in [3.05, 3.63) is 41.5 Å². The van der Waals surface area contributed by atoms with Crippen LogP contribution in [0.15, 0.2) is 35.3 Å². The lowest BCUT2D eigenvalue weighted by Crippen LogP contribution is -2.87. The number of morpholine rings is 2. The highest BCUT2D eigenvalue weighted by molar-refractivity contribution is 7.19. The Hall–Kier alpha value is -2.26. The third-order valence-electron chi connectivity index (χ3n) is 5.03. The number of rotatable bonds is 3. The zero-order valence-electron chi connectivity index (χ0n) is 17.6. The number of hydrogen-bond donors (Lipinski definition) is 1. The van der Waals surface area contributed by atoms with Crippen LogP contribution in [0.3, 0.4) is 0 Å². The van der Waals surface area contributed by atoms with Crippen molar-refractivity contribution in [3.63, 3.8) is 0 Å². The molecule has 8 heteroatoms. The van der Waals surface area contributed by atoms with Gasteiger partial charge in [0.25, 0.3) is 0 Å². The van der Waals surface area contributed by atoms with Gasteiger partial charge < -0.3 is 29.6 Å². The molecule has 3 heterocycles. The quantitative estimate of drug-likeness (QED) is 0.580. The summed E-state index contributed by atoms with van der Waals surface area (Å²) in [7, 11) is 0. The number of thiophene rings is 1. The first-order chi connectivity index (χ1) is 14.6. The van der Waals surface area contributed by atoms with Gasteiger partial charge in [-0.3, -0.25) is 0 Å². The zero-order chi connectivity index (χ0) is 21.3. The molecule has 2 aliphatic rings. The van der Waals surface area contributed by atoms with Crippen molar-refractivity contribution in [2.24, 2.45) is 4.99 Å². The summed E-state index contributed by atoms with van der Waals surface area (Å²) in [6.45, 7) is 10.8. The van der Waals surface area contributed by atoms with E-state index in [1.807, 2.05) is 44.2 Å². The van der Waals surface area contributed by atoms with Crippen LogP contribution in [0.4, 0.5) is 5.00 Å². The first kappa shape index (κ1) is 22.4. The Labute approximate surface area is 181 Å². The lowest BCUT2D eigenvalue weighted by Gasteiger charge is -2.28. The number of aromatic carboxylic acids is 1. The van der Waals surface area contributed by atoms with E-state index >= 15 is 0 Å². The van der Waals surface area contributed by atoms with Crippen molar-refractivity contribution in [3.8, 4) is 10.4 Å². The first-order valence-electron chi connectivity index (χ1n) is 10.3. The Bertz CT molecular complexity index is 845. The van der Waals surface area contributed by atoms with E-state index < -0.39 is 5.97 Å². The van der Waals surface area contributed by atoms with Gasteiger partial charge in [0.05, 0.1) is 45.5 Å². The van der Waals surface area contributed by atoms with Crippen molar-refractivity contribution in [2.75, 3.05) is 52.6 Å². The molecule has 7 nitrogen and oxygen atoms in total. The number of carboxylic acids is 1. The number of aliphatic imine (C=N–C) groups is 1. The molecule has 2 N–H and O–H groups in total. The maximum atomic E-state index is 11.6. The Morgan fingerprint density at radius 3 is 2.27 bits per heavy atom. The summed E-state index contributed by atoms with van der Waals surface area (Å²) in [5.74, 6) is -0.374. The van der Waals surface area contributed by atoms with Crippen LogP contribution in [-0.2, 0) is 9.47 Å². The number of carboxylic acid groups (broad SMARTS) is 1. The van der Waals surface area contributed by atoms with E-state index in [0.717, 1.165) is 55.7 Å². The number of benzene rings is 1. The Morgan fingerprint density at radius 2 is 1.73 bits per heavy atom. The number of ether oxygens (including phenoxy) is 2. The van der Waals surface area contributed by atoms with Crippen molar-refractivity contribution in [2.45, 2.75) is 13.8 Å². The lowest BCUT2D eigenvalue weighted by atomic mass is 10.1. The van der Waals surface area contributed by atoms with Gasteiger partial charge in [-0.05, 0) is 25.0 Å². The van der Waals surface area contributed by atoms with Gasteiger partial charge in [0.15, 0.2) is 0 Å². The lowest BCUT2D eigenvalue weighted by molar-refractivity contribution is -0.670. The molecule has 162 valence electrons. The standard InChI is InChI=1S/C18H20N2O3S.C4H9NO/c1-12-15(18(21)22)17(19-13(2)20-8-10-23-11-9-20)24-16(12)14-6-4-3-5-7-14;1-3-6-4-2-5-1/h3-7H,8-11H2,1-2H3,(H,21,22);5H,1-4H2/b19-13+;. The van der Waals surface area contributed by atoms with Gasteiger partial charge >= 0.3 is 0 Å². The number of hydrogen-bond acceptors (Lipinski definition) is 6. The number of quaternary nitrogens is 1. The van der Waals surface area contributed by atoms with Gasteiger partial charge in [-0.15, -0.1) is 11.3 Å². The second-order valence-electron chi connectivity index (χ2n) is 7.13. The summed E-state index contributed by atoms with van der Waals surface area (Å²) < 4.78 is 10.4. The predicted octanol–water partition coefficient (Wildman–Crippen LogP) is 1.05. The average molecular weight is 432 g/mol. The molecule has 0 radical (unpaired) electrons. The van der Waals surface area contributed by atoms with Gasteiger partial charge in [-0.25, -0.2) is 4.99 Å². The molecule has 2 aromatic rings. The average Bonchev–Trinajstić information content (AvgIpc) is 3.12. The summed E-state index contributed by atoms with van der Waals surface area (Å²) in [4.78, 5) is 19.3. The van der Waals surface area contributed by atoms with Crippen LogP contribution < -0.4 is 10.4 Å². The van der Waals surface area contributed by atoms with Crippen molar-refractivity contribution in [1.82, 2.24) is 4.90 Å². The van der Waals surface area contributed by atoms with E-state index in [1.54, 1.807) is 0 Å². The van der Waals surface area contributed by atoms with Crippen molar-refractivity contribution < 1.29 is 24.7 Å². The number of nitrogens with zero attached hydrogens (tertiary/aromatic N) is 2. The smallest absolute Gasteiger partial charge is 0.128 e. The highest BCUT2D eigenvalue weighted by Crippen LogP contribution is 2.41. The van der Waals surface area contributed by atoms with E-state index in [0.29, 0.717) is 23.8 Å². The molecule has 1 aromatic heterocycles. The fourth-order valence-corrected chi connectivity index (χ4v) is 4.59. The molecule has 0 amide bonds. The van der Waals surface area contributed by atoms with Crippen LogP contribution in [0.25, 0.3) is 10.4 Å². The molecule has 0 spiro atoms. The van der Waals surface area contributed by atoms with Gasteiger partial charge in [0.2, 0.25) is 0 Å². The van der Waals surface area contributed by atoms with E-state index in [2.05, 4.69) is 15.2 Å². The summed E-state index contributed by atoms with van der Waals surface area (Å²) in [5, 5.41) is 14.4. The molecule has 0 saturated carbocycles. The third kappa shape index (κ3) is 5.89. The van der Waals surface area contributed by atoms with E-state index in [4.69, 9.17) is 9.47 Å². The molecule has 4 rings (SSSR count). The molecule has 0 unspecified atom stereocenters. The van der Waals surface area contributed by atoms with E-state index in [-0.39, 0.29) is 5.56 Å². The van der Waals surface area contributed by atoms with Gasteiger partial charge in [-0.1, -0.05) is 30.3 Å². The second-order valence-corrected chi connectivity index (χ2v) is 8.13. The maximum Gasteiger partial charge on any atom is 0.128 e. The SMILES string of the molecule is C/C(=N\c1sc(-c2ccccc2)c(C)c1C(=O)[O-])N1CCOCC1.C1COCC[NH2+]1. The van der Waals surface area contributed by atoms with Gasteiger partial charge in [0.1, 0.15) is 10.8 Å². The molecule has 30 heavy (non-hydrogen) atoms. The molecule has 0 atom stereocenters. The Balaban J connectivity index is 0.000000367. The first-order valence-corrected chi connectivity index (χ1v) is 11.1. The zero-order valence-corrected chi connectivity index (χ0v) is 18.4. The van der Waals surface area contributed by atoms with Crippen LogP contribution >= 0.6 is 11.3 Å². The molecule has 2 fully saturated rings. The molecule has 0 aliphatic carbocycles. The van der Waals surface area contributed by atoms with Crippen molar-refractivity contribution >= 4 is 28.1 Å². The number of carbonyl (C=O) groups is 1.